The van der Waals surface area contributed by atoms with E-state index in [9.17, 15) is 10.1 Å². The Morgan fingerprint density at radius 1 is 1.28 bits per heavy atom. The van der Waals surface area contributed by atoms with Gasteiger partial charge in [-0.15, -0.1) is 11.3 Å². The molecule has 0 spiro atoms. The molecule has 0 amide bonds. The van der Waals surface area contributed by atoms with Gasteiger partial charge in [0.2, 0.25) is 0 Å². The summed E-state index contributed by atoms with van der Waals surface area (Å²) in [4.78, 5) is 17.2. The zero-order valence-corrected chi connectivity index (χ0v) is 14.8. The van der Waals surface area contributed by atoms with Gasteiger partial charge in [-0.25, -0.2) is 4.98 Å². The molecule has 0 saturated heterocycles. The van der Waals surface area contributed by atoms with Gasteiger partial charge in [0.1, 0.15) is 10.8 Å². The largest absolute Gasteiger partial charge is 0.497 e. The summed E-state index contributed by atoms with van der Waals surface area (Å²) in [5, 5.41) is 12.4. The van der Waals surface area contributed by atoms with Gasteiger partial charge in [0.05, 0.1) is 18.9 Å². The van der Waals surface area contributed by atoms with Crippen LogP contribution in [0.3, 0.4) is 0 Å². The summed E-state index contributed by atoms with van der Waals surface area (Å²) in [5.74, 6) is -0.667. The molecular formula is C19H13ClN2O2S. The summed E-state index contributed by atoms with van der Waals surface area (Å²) in [7, 11) is 1.53. The van der Waals surface area contributed by atoms with Crippen LogP contribution in [0, 0.1) is 11.3 Å². The Morgan fingerprint density at radius 3 is 2.72 bits per heavy atom. The molecule has 124 valence electrons. The van der Waals surface area contributed by atoms with Crippen molar-refractivity contribution in [1.82, 2.24) is 4.98 Å². The number of hydrogen-bond acceptors (Lipinski definition) is 5. The van der Waals surface area contributed by atoms with Crippen molar-refractivity contribution in [3.8, 4) is 23.1 Å². The third kappa shape index (κ3) is 3.71. The number of ether oxygens (including phenoxy) is 1. The quantitative estimate of drug-likeness (QED) is 0.597. The lowest BCUT2D eigenvalue weighted by Gasteiger charge is -2.07. The molecule has 2 aromatic carbocycles. The Bertz CT molecular complexity index is 945. The monoisotopic (exact) mass is 368 g/mol. The third-order valence-corrected chi connectivity index (χ3v) is 4.82. The molecule has 1 aromatic heterocycles. The van der Waals surface area contributed by atoms with Gasteiger partial charge in [-0.1, -0.05) is 35.9 Å². The number of Topliss-reactive ketones (excluding diaryl/α,β-unsaturated/α-hetero) is 1. The number of thiazole rings is 1. The highest BCUT2D eigenvalue weighted by molar-refractivity contribution is 7.10. The first-order valence-corrected chi connectivity index (χ1v) is 8.67. The lowest BCUT2D eigenvalue weighted by Crippen LogP contribution is -2.11. The van der Waals surface area contributed by atoms with E-state index in [1.54, 1.807) is 36.4 Å². The molecule has 3 aromatic rings. The topological polar surface area (TPSA) is 63.0 Å². The number of methoxy groups -OCH3 is 1. The number of nitriles is 1. The number of carbonyl (C=O) groups is 1. The second-order valence-electron chi connectivity index (χ2n) is 5.24. The zero-order valence-electron chi connectivity index (χ0n) is 13.3. The van der Waals surface area contributed by atoms with Crippen molar-refractivity contribution in [2.75, 3.05) is 7.11 Å². The van der Waals surface area contributed by atoms with Gasteiger partial charge in [-0.2, -0.15) is 5.26 Å². The van der Waals surface area contributed by atoms with E-state index in [2.05, 4.69) is 11.1 Å². The van der Waals surface area contributed by atoms with Crippen LogP contribution in [0.2, 0.25) is 5.02 Å². The molecule has 0 aliphatic heterocycles. The van der Waals surface area contributed by atoms with Gasteiger partial charge in [0.25, 0.3) is 0 Å². The maximum absolute atomic E-state index is 12.7. The third-order valence-electron chi connectivity index (χ3n) is 3.65. The SMILES string of the molecule is COc1cccc(C(=O)C(C#N)c2nc(-c3ccc(Cl)cc3)cs2)c1. The van der Waals surface area contributed by atoms with E-state index >= 15 is 0 Å². The lowest BCUT2D eigenvalue weighted by molar-refractivity contribution is 0.0978. The van der Waals surface area contributed by atoms with E-state index in [0.29, 0.717) is 21.3 Å². The predicted octanol–water partition coefficient (Wildman–Crippen LogP) is 4.96. The summed E-state index contributed by atoms with van der Waals surface area (Å²) in [6.07, 6.45) is 0. The minimum absolute atomic E-state index is 0.293. The standard InChI is InChI=1S/C19H13ClN2O2S/c1-24-15-4-2-3-13(9-15)18(23)16(10-21)19-22-17(11-25-19)12-5-7-14(20)8-6-12/h2-9,11,16H,1H3. The van der Waals surface area contributed by atoms with Crippen LogP contribution in [0.15, 0.2) is 53.9 Å². The second-order valence-corrected chi connectivity index (χ2v) is 6.56. The summed E-state index contributed by atoms with van der Waals surface area (Å²) >= 11 is 7.19. The van der Waals surface area contributed by atoms with Gasteiger partial charge < -0.3 is 4.74 Å². The Morgan fingerprint density at radius 2 is 2.04 bits per heavy atom. The maximum Gasteiger partial charge on any atom is 0.187 e. The summed E-state index contributed by atoms with van der Waals surface area (Å²) in [5.41, 5.74) is 2.03. The van der Waals surface area contributed by atoms with Crippen molar-refractivity contribution < 1.29 is 9.53 Å². The molecule has 0 fully saturated rings. The summed E-state index contributed by atoms with van der Waals surface area (Å²) in [6.45, 7) is 0. The van der Waals surface area contributed by atoms with Crippen LogP contribution in [0.5, 0.6) is 5.75 Å². The number of aromatic nitrogens is 1. The molecule has 0 radical (unpaired) electrons. The van der Waals surface area contributed by atoms with Gasteiger partial charge in [0.15, 0.2) is 11.7 Å². The lowest BCUT2D eigenvalue weighted by atomic mass is 9.99. The van der Waals surface area contributed by atoms with Crippen molar-refractivity contribution >= 4 is 28.7 Å². The number of rotatable bonds is 5. The molecule has 4 nitrogen and oxygen atoms in total. The van der Waals surface area contributed by atoms with Gasteiger partial charge in [-0.3, -0.25) is 4.79 Å². The van der Waals surface area contributed by atoms with Crippen LogP contribution in [0.25, 0.3) is 11.3 Å². The molecule has 1 atom stereocenters. The van der Waals surface area contributed by atoms with Gasteiger partial charge in [-0.05, 0) is 24.3 Å². The summed E-state index contributed by atoms with van der Waals surface area (Å²) in [6, 6.07) is 16.1. The number of nitrogens with zero attached hydrogens (tertiary/aromatic N) is 2. The summed E-state index contributed by atoms with van der Waals surface area (Å²) < 4.78 is 5.14. The minimum atomic E-state index is -0.946. The molecule has 0 aliphatic carbocycles. The van der Waals surface area contributed by atoms with E-state index in [1.165, 1.54) is 18.4 Å². The van der Waals surface area contributed by atoms with Crippen molar-refractivity contribution in [2.45, 2.75) is 5.92 Å². The van der Waals surface area contributed by atoms with E-state index in [-0.39, 0.29) is 5.78 Å². The number of halogens is 1. The van der Waals surface area contributed by atoms with Crippen molar-refractivity contribution in [2.24, 2.45) is 0 Å². The second kappa shape index (κ2) is 7.47. The van der Waals surface area contributed by atoms with E-state index in [4.69, 9.17) is 16.3 Å². The van der Waals surface area contributed by atoms with E-state index in [1.807, 2.05) is 17.5 Å². The molecule has 0 saturated carbocycles. The number of benzene rings is 2. The number of carbonyl (C=O) groups excluding carboxylic acids is 1. The molecule has 1 heterocycles. The molecular weight excluding hydrogens is 356 g/mol. The van der Waals surface area contributed by atoms with Crippen LogP contribution in [0.4, 0.5) is 0 Å². The highest BCUT2D eigenvalue weighted by Crippen LogP contribution is 2.29. The fourth-order valence-electron chi connectivity index (χ4n) is 2.34. The first-order chi connectivity index (χ1) is 12.1. The zero-order chi connectivity index (χ0) is 17.8. The van der Waals surface area contributed by atoms with Gasteiger partial charge >= 0.3 is 0 Å². The molecule has 3 rings (SSSR count). The number of hydrogen-bond donors (Lipinski definition) is 0. The van der Waals surface area contributed by atoms with Crippen LogP contribution in [0.1, 0.15) is 21.3 Å². The Labute approximate surface area is 154 Å². The first kappa shape index (κ1) is 17.2. The molecule has 0 N–H and O–H groups in total. The molecule has 1 unspecified atom stereocenters. The molecule has 0 aliphatic rings. The van der Waals surface area contributed by atoms with E-state index in [0.717, 1.165) is 11.3 Å². The molecule has 0 bridgehead atoms. The Balaban J connectivity index is 1.90. The minimum Gasteiger partial charge on any atom is -0.497 e. The van der Waals surface area contributed by atoms with Crippen LogP contribution >= 0.6 is 22.9 Å². The van der Waals surface area contributed by atoms with Crippen molar-refractivity contribution in [3.63, 3.8) is 0 Å². The highest BCUT2D eigenvalue weighted by atomic mass is 35.5. The smallest absolute Gasteiger partial charge is 0.187 e. The Hall–Kier alpha value is -2.68. The first-order valence-electron chi connectivity index (χ1n) is 7.41. The predicted molar refractivity (Wildman–Crippen MR) is 98.2 cm³/mol. The van der Waals surface area contributed by atoms with Crippen molar-refractivity contribution in [1.29, 1.82) is 5.26 Å². The maximum atomic E-state index is 12.7. The van der Waals surface area contributed by atoms with E-state index < -0.39 is 5.92 Å². The van der Waals surface area contributed by atoms with Crippen molar-refractivity contribution in [3.05, 3.63) is 69.5 Å². The van der Waals surface area contributed by atoms with Gasteiger partial charge in [0, 0.05) is 21.5 Å². The fraction of sp³-hybridized carbons (Fsp3) is 0.105. The number of ketones is 1. The fourth-order valence-corrected chi connectivity index (χ4v) is 3.34. The molecule has 25 heavy (non-hydrogen) atoms. The average molecular weight is 369 g/mol. The molecule has 6 heteroatoms. The van der Waals surface area contributed by atoms with Crippen LogP contribution < -0.4 is 4.74 Å². The van der Waals surface area contributed by atoms with Crippen LogP contribution in [-0.2, 0) is 0 Å². The van der Waals surface area contributed by atoms with Crippen LogP contribution in [-0.4, -0.2) is 17.9 Å². The average Bonchev–Trinajstić information content (AvgIpc) is 3.12. The highest BCUT2D eigenvalue weighted by Gasteiger charge is 2.25. The Kier molecular flexibility index (Phi) is 5.13. The normalized spacial score (nSPS) is 11.6.